The zero-order valence-corrected chi connectivity index (χ0v) is 13.5. The molecule has 1 fully saturated rings. The molecule has 122 valence electrons. The Hall–Kier alpha value is -2.08. The van der Waals surface area contributed by atoms with Gasteiger partial charge in [-0.15, -0.1) is 0 Å². The van der Waals surface area contributed by atoms with Crippen molar-refractivity contribution in [3.05, 3.63) is 41.1 Å². The molecule has 2 aromatic heterocycles. The maximum Gasteiger partial charge on any atom is 0.289 e. The molecule has 0 saturated carbocycles. The summed E-state index contributed by atoms with van der Waals surface area (Å²) in [6.45, 7) is 4.63. The van der Waals surface area contributed by atoms with E-state index in [-0.39, 0.29) is 5.91 Å². The number of furan rings is 1. The second kappa shape index (κ2) is 5.85. The van der Waals surface area contributed by atoms with Crippen molar-refractivity contribution in [1.29, 1.82) is 0 Å². The van der Waals surface area contributed by atoms with Gasteiger partial charge < -0.3 is 9.32 Å². The van der Waals surface area contributed by atoms with Crippen molar-refractivity contribution >= 4 is 5.91 Å². The molecule has 6 heteroatoms. The summed E-state index contributed by atoms with van der Waals surface area (Å²) >= 11 is 0. The molecule has 0 unspecified atom stereocenters. The first-order chi connectivity index (χ1) is 11.2. The smallest absolute Gasteiger partial charge is 0.289 e. The fourth-order valence-electron chi connectivity index (χ4n) is 3.67. The Kier molecular flexibility index (Phi) is 3.69. The van der Waals surface area contributed by atoms with E-state index < -0.39 is 0 Å². The summed E-state index contributed by atoms with van der Waals surface area (Å²) in [5, 5.41) is 4.73. The van der Waals surface area contributed by atoms with Crippen molar-refractivity contribution in [1.82, 2.24) is 19.6 Å². The monoisotopic (exact) mass is 314 g/mol. The molecule has 0 bridgehead atoms. The number of aryl methyl sites for hydroxylation is 1. The van der Waals surface area contributed by atoms with Crippen LogP contribution in [0.3, 0.4) is 0 Å². The third-order valence-corrected chi connectivity index (χ3v) is 4.92. The average Bonchev–Trinajstić information content (AvgIpc) is 3.30. The number of aromatic nitrogens is 2. The first kappa shape index (κ1) is 14.5. The summed E-state index contributed by atoms with van der Waals surface area (Å²) in [6, 6.07) is 3.47. The normalized spacial score (nSPS) is 18.4. The van der Waals surface area contributed by atoms with Gasteiger partial charge in [-0.25, -0.2) is 0 Å². The van der Waals surface area contributed by atoms with Gasteiger partial charge in [-0.2, -0.15) is 5.10 Å². The number of rotatable bonds is 3. The average molecular weight is 314 g/mol. The number of carbonyl (C=O) groups excluding carboxylic acids is 1. The molecule has 0 atom stereocenters. The molecule has 1 amide bonds. The minimum absolute atomic E-state index is 0.0389. The molecule has 2 aromatic rings. The SMILES string of the molecule is Cn1nc(CN2CCCC2)c2c1CN(C(=O)c1ccco1)CC2. The van der Waals surface area contributed by atoms with Gasteiger partial charge in [0.25, 0.3) is 5.91 Å². The first-order valence-electron chi connectivity index (χ1n) is 8.31. The van der Waals surface area contributed by atoms with Crippen LogP contribution in [0, 0.1) is 0 Å². The zero-order valence-electron chi connectivity index (χ0n) is 13.5. The number of hydrogen-bond donors (Lipinski definition) is 0. The van der Waals surface area contributed by atoms with Crippen LogP contribution in [-0.2, 0) is 26.6 Å². The van der Waals surface area contributed by atoms with Gasteiger partial charge in [0.05, 0.1) is 24.2 Å². The fourth-order valence-corrected chi connectivity index (χ4v) is 3.67. The van der Waals surface area contributed by atoms with Gasteiger partial charge in [0, 0.05) is 25.7 Å². The Balaban J connectivity index is 1.53. The highest BCUT2D eigenvalue weighted by Gasteiger charge is 2.28. The van der Waals surface area contributed by atoms with Crippen LogP contribution in [-0.4, -0.2) is 45.1 Å². The van der Waals surface area contributed by atoms with Crippen LogP contribution >= 0.6 is 0 Å². The number of hydrogen-bond acceptors (Lipinski definition) is 4. The van der Waals surface area contributed by atoms with Crippen LogP contribution in [0.4, 0.5) is 0 Å². The summed E-state index contributed by atoms with van der Waals surface area (Å²) < 4.78 is 7.19. The molecule has 4 heterocycles. The molecule has 0 aromatic carbocycles. The van der Waals surface area contributed by atoms with Crippen molar-refractivity contribution < 1.29 is 9.21 Å². The van der Waals surface area contributed by atoms with Gasteiger partial charge in [-0.1, -0.05) is 0 Å². The second-order valence-electron chi connectivity index (χ2n) is 6.43. The van der Waals surface area contributed by atoms with Crippen molar-refractivity contribution in [3.63, 3.8) is 0 Å². The first-order valence-corrected chi connectivity index (χ1v) is 8.31. The molecular weight excluding hydrogens is 292 g/mol. The second-order valence-corrected chi connectivity index (χ2v) is 6.43. The Labute approximate surface area is 135 Å². The lowest BCUT2D eigenvalue weighted by molar-refractivity contribution is 0.0698. The lowest BCUT2D eigenvalue weighted by Gasteiger charge is -2.27. The summed E-state index contributed by atoms with van der Waals surface area (Å²) in [7, 11) is 1.98. The van der Waals surface area contributed by atoms with E-state index in [9.17, 15) is 4.79 Å². The van der Waals surface area contributed by atoms with Gasteiger partial charge >= 0.3 is 0 Å². The Bertz CT molecular complexity index is 699. The molecule has 2 aliphatic heterocycles. The molecule has 23 heavy (non-hydrogen) atoms. The van der Waals surface area contributed by atoms with Crippen molar-refractivity contribution in [3.8, 4) is 0 Å². The third-order valence-electron chi connectivity index (χ3n) is 4.92. The summed E-state index contributed by atoms with van der Waals surface area (Å²) in [5.74, 6) is 0.371. The molecule has 0 spiro atoms. The highest BCUT2D eigenvalue weighted by molar-refractivity contribution is 5.91. The Morgan fingerprint density at radius 3 is 2.87 bits per heavy atom. The molecule has 0 radical (unpaired) electrons. The third kappa shape index (κ3) is 2.67. The molecule has 0 N–H and O–H groups in total. The highest BCUT2D eigenvalue weighted by Crippen LogP contribution is 2.25. The van der Waals surface area contributed by atoms with E-state index in [0.29, 0.717) is 12.3 Å². The Morgan fingerprint density at radius 2 is 2.13 bits per heavy atom. The number of likely N-dealkylation sites (tertiary alicyclic amines) is 1. The van der Waals surface area contributed by atoms with Crippen molar-refractivity contribution in [2.75, 3.05) is 19.6 Å². The van der Waals surface area contributed by atoms with Gasteiger partial charge in [0.15, 0.2) is 5.76 Å². The van der Waals surface area contributed by atoms with E-state index in [1.807, 2.05) is 16.6 Å². The van der Waals surface area contributed by atoms with E-state index in [1.54, 1.807) is 18.4 Å². The van der Waals surface area contributed by atoms with E-state index in [2.05, 4.69) is 4.90 Å². The van der Waals surface area contributed by atoms with Crippen molar-refractivity contribution in [2.45, 2.75) is 32.4 Å². The van der Waals surface area contributed by atoms with Crippen LogP contribution in [0.1, 0.15) is 40.3 Å². The van der Waals surface area contributed by atoms with Crippen LogP contribution < -0.4 is 0 Å². The summed E-state index contributed by atoms with van der Waals surface area (Å²) in [6.07, 6.45) is 5.00. The summed E-state index contributed by atoms with van der Waals surface area (Å²) in [5.41, 5.74) is 3.68. The highest BCUT2D eigenvalue weighted by atomic mass is 16.3. The Morgan fingerprint density at radius 1 is 1.30 bits per heavy atom. The molecular formula is C17H22N4O2. The number of amides is 1. The van der Waals surface area contributed by atoms with Crippen LogP contribution in [0.5, 0.6) is 0 Å². The molecule has 6 nitrogen and oxygen atoms in total. The fraction of sp³-hybridized carbons (Fsp3) is 0.529. The van der Waals surface area contributed by atoms with Gasteiger partial charge in [0.1, 0.15) is 0 Å². The molecule has 0 aliphatic carbocycles. The lowest BCUT2D eigenvalue weighted by Crippen LogP contribution is -2.36. The lowest BCUT2D eigenvalue weighted by atomic mass is 10.0. The van der Waals surface area contributed by atoms with Crippen LogP contribution in [0.25, 0.3) is 0 Å². The maximum absolute atomic E-state index is 12.5. The summed E-state index contributed by atoms with van der Waals surface area (Å²) in [4.78, 5) is 16.8. The zero-order chi connectivity index (χ0) is 15.8. The molecule has 4 rings (SSSR count). The van der Waals surface area contributed by atoms with Crippen molar-refractivity contribution in [2.24, 2.45) is 7.05 Å². The minimum atomic E-state index is -0.0389. The predicted molar refractivity (Wildman–Crippen MR) is 84.9 cm³/mol. The largest absolute Gasteiger partial charge is 0.459 e. The predicted octanol–water partition coefficient (Wildman–Crippen LogP) is 1.81. The number of nitrogens with zero attached hydrogens (tertiary/aromatic N) is 4. The van der Waals surface area contributed by atoms with Gasteiger partial charge in [-0.05, 0) is 44.5 Å². The quantitative estimate of drug-likeness (QED) is 0.867. The topological polar surface area (TPSA) is 54.5 Å². The standard InChI is InChI=1S/C17H22N4O2/c1-19-15-12-21(17(22)16-5-4-10-23-16)9-6-13(15)14(18-19)11-20-7-2-3-8-20/h4-5,10H,2-3,6-9,11-12H2,1H3. The molecule has 1 saturated heterocycles. The van der Waals surface area contributed by atoms with Gasteiger partial charge in [0.2, 0.25) is 0 Å². The van der Waals surface area contributed by atoms with Crippen LogP contribution in [0.15, 0.2) is 22.8 Å². The maximum atomic E-state index is 12.5. The molecule has 2 aliphatic rings. The van der Waals surface area contributed by atoms with Crippen LogP contribution in [0.2, 0.25) is 0 Å². The van der Waals surface area contributed by atoms with E-state index >= 15 is 0 Å². The van der Waals surface area contributed by atoms with E-state index in [0.717, 1.165) is 25.2 Å². The van der Waals surface area contributed by atoms with E-state index in [1.165, 1.54) is 37.2 Å². The van der Waals surface area contributed by atoms with Gasteiger partial charge in [-0.3, -0.25) is 14.4 Å². The minimum Gasteiger partial charge on any atom is -0.459 e. The number of fused-ring (bicyclic) bond motifs is 1. The van der Waals surface area contributed by atoms with E-state index in [4.69, 9.17) is 9.52 Å². The number of carbonyl (C=O) groups is 1.